The van der Waals surface area contributed by atoms with Gasteiger partial charge in [-0.15, -0.1) is 0 Å². The number of pyridine rings is 1. The van der Waals surface area contributed by atoms with Crippen molar-refractivity contribution in [3.05, 3.63) is 20.8 Å². The Kier molecular flexibility index (Phi) is 3.98. The number of anilines is 1. The molecule has 0 radical (unpaired) electrons. The van der Waals surface area contributed by atoms with Gasteiger partial charge in [0.1, 0.15) is 16.7 Å². The first kappa shape index (κ1) is 12.8. The van der Waals surface area contributed by atoms with Gasteiger partial charge in [0, 0.05) is 0 Å². The third-order valence-corrected chi connectivity index (χ3v) is 3.98. The fourth-order valence-corrected chi connectivity index (χ4v) is 2.73. The Balaban J connectivity index is 2.45. The van der Waals surface area contributed by atoms with Crippen molar-refractivity contribution in [2.45, 2.75) is 19.3 Å². The van der Waals surface area contributed by atoms with E-state index in [1.54, 1.807) is 0 Å². The number of hydrogen-bond acceptors (Lipinski definition) is 2. The molecule has 1 aliphatic rings. The van der Waals surface area contributed by atoms with Crippen molar-refractivity contribution in [1.82, 2.24) is 0 Å². The molecule has 0 aromatic carbocycles. The van der Waals surface area contributed by atoms with E-state index in [-0.39, 0.29) is 15.7 Å². The molecular formula is C11H11Cl3N3+. The van der Waals surface area contributed by atoms with Gasteiger partial charge in [-0.05, 0) is 30.9 Å². The van der Waals surface area contributed by atoms with Crippen LogP contribution >= 0.6 is 34.8 Å². The second-order valence-electron chi connectivity index (χ2n) is 3.95. The number of aromatic nitrogens is 1. The molecule has 0 bridgehead atoms. The molecule has 0 spiro atoms. The van der Waals surface area contributed by atoms with Gasteiger partial charge in [0.2, 0.25) is 5.15 Å². The van der Waals surface area contributed by atoms with Crippen LogP contribution in [0.2, 0.25) is 15.2 Å². The molecule has 1 fully saturated rings. The Morgan fingerprint density at radius 2 is 1.71 bits per heavy atom. The predicted octanol–water partition coefficient (Wildman–Crippen LogP) is 3.32. The molecule has 1 aliphatic heterocycles. The minimum atomic E-state index is 0.194. The fourth-order valence-electron chi connectivity index (χ4n) is 1.96. The Labute approximate surface area is 115 Å². The van der Waals surface area contributed by atoms with Crippen LogP contribution in [0.15, 0.2) is 0 Å². The number of nitriles is 1. The summed E-state index contributed by atoms with van der Waals surface area (Å²) in [5, 5.41) is 9.74. The number of piperidine rings is 1. The smallest absolute Gasteiger partial charge is 0.260 e. The lowest BCUT2D eigenvalue weighted by Crippen LogP contribution is -2.34. The van der Waals surface area contributed by atoms with E-state index in [0.29, 0.717) is 10.8 Å². The lowest BCUT2D eigenvalue weighted by molar-refractivity contribution is -0.361. The van der Waals surface area contributed by atoms with Crippen LogP contribution in [0, 0.1) is 11.3 Å². The predicted molar refractivity (Wildman–Crippen MR) is 68.8 cm³/mol. The average Bonchev–Trinajstić information content (AvgIpc) is 2.35. The zero-order valence-electron chi connectivity index (χ0n) is 9.06. The molecule has 17 heavy (non-hydrogen) atoms. The van der Waals surface area contributed by atoms with Gasteiger partial charge < -0.3 is 0 Å². The number of rotatable bonds is 1. The molecule has 1 aromatic heterocycles. The summed E-state index contributed by atoms with van der Waals surface area (Å²) in [5.74, 6) is 0.709. The van der Waals surface area contributed by atoms with Crippen LogP contribution in [0.3, 0.4) is 0 Å². The average molecular weight is 292 g/mol. The lowest BCUT2D eigenvalue weighted by atomic mass is 10.1. The number of nitrogens with one attached hydrogen (secondary N) is 1. The second-order valence-corrected chi connectivity index (χ2v) is 5.08. The molecule has 1 saturated heterocycles. The molecule has 0 aliphatic carbocycles. The highest BCUT2D eigenvalue weighted by molar-refractivity contribution is 6.45. The molecule has 90 valence electrons. The minimum absolute atomic E-state index is 0.194. The van der Waals surface area contributed by atoms with Crippen LogP contribution < -0.4 is 9.88 Å². The summed E-state index contributed by atoms with van der Waals surface area (Å²) in [6.45, 7) is 1.85. The minimum Gasteiger partial charge on any atom is -0.260 e. The highest BCUT2D eigenvalue weighted by Gasteiger charge is 2.27. The summed E-state index contributed by atoms with van der Waals surface area (Å²) < 4.78 is 0. The van der Waals surface area contributed by atoms with Gasteiger partial charge in [-0.3, -0.25) is 4.90 Å². The van der Waals surface area contributed by atoms with Crippen molar-refractivity contribution in [2.24, 2.45) is 0 Å². The number of halogens is 3. The first-order chi connectivity index (χ1) is 8.15. The fraction of sp³-hybridized carbons (Fsp3) is 0.455. The molecular weight excluding hydrogens is 281 g/mol. The Hall–Kier alpha value is -0.690. The molecule has 0 amide bonds. The summed E-state index contributed by atoms with van der Waals surface area (Å²) in [7, 11) is 0. The van der Waals surface area contributed by atoms with Crippen molar-refractivity contribution in [3.63, 3.8) is 0 Å². The van der Waals surface area contributed by atoms with Gasteiger partial charge in [0.25, 0.3) is 5.82 Å². The van der Waals surface area contributed by atoms with Gasteiger partial charge in [-0.1, -0.05) is 23.2 Å². The summed E-state index contributed by atoms with van der Waals surface area (Å²) in [6, 6.07) is 1.94. The number of hydrogen-bond donors (Lipinski definition) is 0. The Morgan fingerprint density at radius 1 is 1.06 bits per heavy atom. The van der Waals surface area contributed by atoms with Crippen LogP contribution in [-0.4, -0.2) is 13.1 Å². The second kappa shape index (κ2) is 5.30. The molecule has 2 rings (SSSR count). The van der Waals surface area contributed by atoms with Gasteiger partial charge in [-0.2, -0.15) is 5.26 Å². The standard InChI is InChI=1S/C11H10Cl3N3/c12-8-7(6-15)10(14)16-11(9(8)13)17-4-2-1-3-5-17/h1-5H2/p+1. The normalized spacial score (nSPS) is 15.8. The number of nitrogens with zero attached hydrogens (tertiary/aromatic N) is 2. The van der Waals surface area contributed by atoms with Gasteiger partial charge in [0.05, 0.1) is 18.1 Å². The summed E-state index contributed by atoms with van der Waals surface area (Å²) >= 11 is 18.2. The van der Waals surface area contributed by atoms with Crippen LogP contribution in [0.25, 0.3) is 0 Å². The molecule has 3 nitrogen and oxygen atoms in total. The Bertz CT molecular complexity index is 476. The molecule has 0 atom stereocenters. The van der Waals surface area contributed by atoms with E-state index in [0.717, 1.165) is 25.9 Å². The maximum atomic E-state index is 8.91. The van der Waals surface area contributed by atoms with E-state index in [2.05, 4.69) is 9.88 Å². The first-order valence-electron chi connectivity index (χ1n) is 5.40. The zero-order valence-corrected chi connectivity index (χ0v) is 11.3. The van der Waals surface area contributed by atoms with E-state index in [1.165, 1.54) is 6.42 Å². The van der Waals surface area contributed by atoms with Crippen molar-refractivity contribution < 1.29 is 4.98 Å². The van der Waals surface area contributed by atoms with E-state index in [4.69, 9.17) is 40.1 Å². The number of H-pyrrole nitrogens is 1. The largest absolute Gasteiger partial charge is 0.296 e. The first-order valence-corrected chi connectivity index (χ1v) is 6.53. The van der Waals surface area contributed by atoms with E-state index >= 15 is 0 Å². The SMILES string of the molecule is N#Cc1c(Cl)[nH+]c(N2CCCCC2)c(Cl)c1Cl. The zero-order chi connectivity index (χ0) is 12.4. The van der Waals surface area contributed by atoms with Gasteiger partial charge >= 0.3 is 0 Å². The lowest BCUT2D eigenvalue weighted by Gasteiger charge is -2.22. The van der Waals surface area contributed by atoms with E-state index in [9.17, 15) is 0 Å². The Morgan fingerprint density at radius 3 is 2.29 bits per heavy atom. The molecule has 2 heterocycles. The van der Waals surface area contributed by atoms with Crippen molar-refractivity contribution in [1.29, 1.82) is 5.26 Å². The highest BCUT2D eigenvalue weighted by Crippen LogP contribution is 2.34. The van der Waals surface area contributed by atoms with E-state index in [1.807, 2.05) is 6.07 Å². The van der Waals surface area contributed by atoms with Crippen molar-refractivity contribution >= 4 is 40.6 Å². The van der Waals surface area contributed by atoms with E-state index < -0.39 is 0 Å². The monoisotopic (exact) mass is 290 g/mol. The number of aromatic amines is 1. The van der Waals surface area contributed by atoms with Crippen LogP contribution in [-0.2, 0) is 0 Å². The maximum Gasteiger partial charge on any atom is 0.296 e. The maximum absolute atomic E-state index is 8.91. The summed E-state index contributed by atoms with van der Waals surface area (Å²) in [4.78, 5) is 5.07. The molecule has 0 saturated carbocycles. The molecule has 6 heteroatoms. The van der Waals surface area contributed by atoms with Gasteiger partial charge in [-0.25, -0.2) is 4.98 Å². The summed E-state index contributed by atoms with van der Waals surface area (Å²) in [5.41, 5.74) is 0.194. The van der Waals surface area contributed by atoms with Crippen molar-refractivity contribution in [2.75, 3.05) is 18.0 Å². The molecule has 1 aromatic rings. The third kappa shape index (κ3) is 2.44. The topological polar surface area (TPSA) is 41.2 Å². The summed E-state index contributed by atoms with van der Waals surface area (Å²) in [6.07, 6.45) is 3.48. The van der Waals surface area contributed by atoms with Crippen LogP contribution in [0.5, 0.6) is 0 Å². The molecule has 1 N–H and O–H groups in total. The third-order valence-electron chi connectivity index (χ3n) is 2.85. The quantitative estimate of drug-likeness (QED) is 0.745. The van der Waals surface area contributed by atoms with Crippen molar-refractivity contribution in [3.8, 4) is 6.07 Å². The van der Waals surface area contributed by atoms with Gasteiger partial charge in [0.15, 0.2) is 0 Å². The molecule has 0 unspecified atom stereocenters. The highest BCUT2D eigenvalue weighted by atomic mass is 35.5. The van der Waals surface area contributed by atoms with Crippen LogP contribution in [0.4, 0.5) is 5.82 Å². The van der Waals surface area contributed by atoms with Crippen LogP contribution in [0.1, 0.15) is 24.8 Å².